The molecule has 1 fully saturated rings. The Morgan fingerprint density at radius 3 is 2.61 bits per heavy atom. The van der Waals surface area contributed by atoms with Crippen molar-refractivity contribution in [1.82, 2.24) is 4.90 Å². The van der Waals surface area contributed by atoms with Crippen LogP contribution < -0.4 is 0 Å². The number of rotatable bonds is 2. The third-order valence-electron chi connectivity index (χ3n) is 3.61. The maximum Gasteiger partial charge on any atom is 0.135 e. The summed E-state index contributed by atoms with van der Waals surface area (Å²) in [6.45, 7) is 3.37. The summed E-state index contributed by atoms with van der Waals surface area (Å²) in [5.41, 5.74) is 0.981. The summed E-state index contributed by atoms with van der Waals surface area (Å²) >= 11 is 3.48. The number of fused-ring (bicyclic) bond motifs is 1. The first-order valence-corrected chi connectivity index (χ1v) is 7.51. The molecule has 1 aliphatic rings. The van der Waals surface area contributed by atoms with Crippen molar-refractivity contribution in [3.63, 3.8) is 0 Å². The van der Waals surface area contributed by atoms with Crippen LogP contribution in [0.3, 0.4) is 0 Å². The van der Waals surface area contributed by atoms with Crippen LogP contribution in [-0.4, -0.2) is 18.0 Å². The van der Waals surface area contributed by atoms with E-state index in [1.165, 1.54) is 44.2 Å². The molecular formula is C15H18BrNO. The minimum atomic E-state index is 0.951. The van der Waals surface area contributed by atoms with Crippen LogP contribution in [0.15, 0.2) is 33.2 Å². The van der Waals surface area contributed by atoms with Crippen molar-refractivity contribution in [1.29, 1.82) is 0 Å². The molecule has 96 valence electrons. The molecule has 3 heteroatoms. The maximum atomic E-state index is 5.92. The van der Waals surface area contributed by atoms with Crippen LogP contribution in [0.5, 0.6) is 0 Å². The van der Waals surface area contributed by atoms with Crippen LogP contribution in [-0.2, 0) is 6.54 Å². The molecule has 0 amide bonds. The van der Waals surface area contributed by atoms with Gasteiger partial charge in [-0.25, -0.2) is 0 Å². The first-order chi connectivity index (χ1) is 8.81. The molecule has 3 rings (SSSR count). The highest BCUT2D eigenvalue weighted by Crippen LogP contribution is 2.24. The number of benzene rings is 1. The van der Waals surface area contributed by atoms with Crippen molar-refractivity contribution in [2.24, 2.45) is 0 Å². The van der Waals surface area contributed by atoms with Gasteiger partial charge in [-0.05, 0) is 50.2 Å². The number of hydrogen-bond donors (Lipinski definition) is 0. The van der Waals surface area contributed by atoms with E-state index >= 15 is 0 Å². The van der Waals surface area contributed by atoms with Crippen LogP contribution in [0.1, 0.15) is 31.4 Å². The Morgan fingerprint density at radius 1 is 1.06 bits per heavy atom. The summed E-state index contributed by atoms with van der Waals surface area (Å²) in [5.74, 6) is 1.09. The molecule has 0 unspecified atom stereocenters. The molecule has 2 aromatic rings. The van der Waals surface area contributed by atoms with Gasteiger partial charge in [0.15, 0.2) is 0 Å². The summed E-state index contributed by atoms with van der Waals surface area (Å²) in [6.07, 6.45) is 5.41. The van der Waals surface area contributed by atoms with Crippen molar-refractivity contribution < 1.29 is 4.42 Å². The van der Waals surface area contributed by atoms with Gasteiger partial charge >= 0.3 is 0 Å². The Bertz CT molecular complexity index is 526. The van der Waals surface area contributed by atoms with Gasteiger partial charge in [0, 0.05) is 9.86 Å². The fourth-order valence-corrected chi connectivity index (χ4v) is 2.99. The third-order valence-corrected chi connectivity index (χ3v) is 4.10. The SMILES string of the molecule is Brc1ccc2cc(CN3CCCCCC3)oc2c1. The topological polar surface area (TPSA) is 16.4 Å². The second kappa shape index (κ2) is 5.45. The number of nitrogens with zero attached hydrogens (tertiary/aromatic N) is 1. The molecule has 2 heterocycles. The van der Waals surface area contributed by atoms with Crippen molar-refractivity contribution in [2.45, 2.75) is 32.2 Å². The quantitative estimate of drug-likeness (QED) is 0.808. The van der Waals surface area contributed by atoms with Gasteiger partial charge in [0.25, 0.3) is 0 Å². The predicted molar refractivity (Wildman–Crippen MR) is 77.7 cm³/mol. The first-order valence-electron chi connectivity index (χ1n) is 6.71. The predicted octanol–water partition coefficient (Wildman–Crippen LogP) is 4.57. The second-order valence-electron chi connectivity index (χ2n) is 5.09. The van der Waals surface area contributed by atoms with Gasteiger partial charge in [-0.3, -0.25) is 4.90 Å². The second-order valence-corrected chi connectivity index (χ2v) is 6.00. The standard InChI is InChI=1S/C15H18BrNO/c16-13-6-5-12-9-14(18-15(12)10-13)11-17-7-3-1-2-4-8-17/h5-6,9-10H,1-4,7-8,11H2. The number of likely N-dealkylation sites (tertiary alicyclic amines) is 1. The first kappa shape index (κ1) is 12.2. The van der Waals surface area contributed by atoms with Gasteiger partial charge in [-0.2, -0.15) is 0 Å². The minimum absolute atomic E-state index is 0.951. The molecule has 0 saturated carbocycles. The van der Waals surface area contributed by atoms with Crippen molar-refractivity contribution in [3.05, 3.63) is 34.5 Å². The zero-order chi connectivity index (χ0) is 12.4. The minimum Gasteiger partial charge on any atom is -0.460 e. The Kier molecular flexibility index (Phi) is 3.71. The van der Waals surface area contributed by atoms with E-state index in [1.807, 2.05) is 6.07 Å². The number of hydrogen-bond acceptors (Lipinski definition) is 2. The Hall–Kier alpha value is -0.800. The smallest absolute Gasteiger partial charge is 0.135 e. The lowest BCUT2D eigenvalue weighted by atomic mass is 10.2. The van der Waals surface area contributed by atoms with E-state index in [4.69, 9.17) is 4.42 Å². The summed E-state index contributed by atoms with van der Waals surface area (Å²) in [4.78, 5) is 2.51. The highest BCUT2D eigenvalue weighted by molar-refractivity contribution is 9.10. The Labute approximate surface area is 116 Å². The van der Waals surface area contributed by atoms with Gasteiger partial charge in [-0.1, -0.05) is 28.8 Å². The Balaban J connectivity index is 1.77. The largest absolute Gasteiger partial charge is 0.460 e. The maximum absolute atomic E-state index is 5.92. The zero-order valence-corrected chi connectivity index (χ0v) is 12.1. The van der Waals surface area contributed by atoms with Crippen LogP contribution in [0.25, 0.3) is 11.0 Å². The van der Waals surface area contributed by atoms with E-state index in [-0.39, 0.29) is 0 Å². The highest BCUT2D eigenvalue weighted by atomic mass is 79.9. The average molecular weight is 308 g/mol. The van der Waals surface area contributed by atoms with E-state index in [0.717, 1.165) is 22.4 Å². The molecule has 1 aromatic heterocycles. The number of furan rings is 1. The van der Waals surface area contributed by atoms with Crippen LogP contribution in [0, 0.1) is 0 Å². The Morgan fingerprint density at radius 2 is 1.83 bits per heavy atom. The molecule has 18 heavy (non-hydrogen) atoms. The van der Waals surface area contributed by atoms with Crippen molar-refractivity contribution >= 4 is 26.9 Å². The molecule has 0 aliphatic carbocycles. The molecule has 1 aliphatic heterocycles. The van der Waals surface area contributed by atoms with Crippen molar-refractivity contribution in [2.75, 3.05) is 13.1 Å². The lowest BCUT2D eigenvalue weighted by molar-refractivity contribution is 0.256. The molecule has 0 N–H and O–H groups in total. The third kappa shape index (κ3) is 2.78. The summed E-state index contributed by atoms with van der Waals surface area (Å²) in [7, 11) is 0. The fourth-order valence-electron chi connectivity index (χ4n) is 2.65. The van der Waals surface area contributed by atoms with E-state index in [1.54, 1.807) is 0 Å². The summed E-state index contributed by atoms with van der Waals surface area (Å²) in [5, 5.41) is 1.20. The summed E-state index contributed by atoms with van der Waals surface area (Å²) < 4.78 is 7.00. The van der Waals surface area contributed by atoms with Crippen LogP contribution in [0.2, 0.25) is 0 Å². The molecule has 1 aromatic carbocycles. The monoisotopic (exact) mass is 307 g/mol. The zero-order valence-electron chi connectivity index (χ0n) is 10.5. The molecule has 0 spiro atoms. The normalized spacial score (nSPS) is 18.1. The lowest BCUT2D eigenvalue weighted by Crippen LogP contribution is -2.23. The van der Waals surface area contributed by atoms with E-state index in [0.29, 0.717) is 0 Å². The number of halogens is 1. The van der Waals surface area contributed by atoms with E-state index < -0.39 is 0 Å². The molecule has 1 saturated heterocycles. The van der Waals surface area contributed by atoms with Crippen LogP contribution >= 0.6 is 15.9 Å². The highest BCUT2D eigenvalue weighted by Gasteiger charge is 2.12. The van der Waals surface area contributed by atoms with Gasteiger partial charge in [-0.15, -0.1) is 0 Å². The van der Waals surface area contributed by atoms with Crippen LogP contribution in [0.4, 0.5) is 0 Å². The van der Waals surface area contributed by atoms with Gasteiger partial charge in [0.05, 0.1) is 6.54 Å². The van der Waals surface area contributed by atoms with Gasteiger partial charge in [0.1, 0.15) is 11.3 Å². The molecule has 0 bridgehead atoms. The van der Waals surface area contributed by atoms with Gasteiger partial charge in [0.2, 0.25) is 0 Å². The fraction of sp³-hybridized carbons (Fsp3) is 0.467. The average Bonchev–Trinajstić information content (AvgIpc) is 2.57. The molecule has 0 atom stereocenters. The molecular weight excluding hydrogens is 290 g/mol. The molecule has 0 radical (unpaired) electrons. The van der Waals surface area contributed by atoms with E-state index in [9.17, 15) is 0 Å². The van der Waals surface area contributed by atoms with E-state index in [2.05, 4.69) is 39.0 Å². The van der Waals surface area contributed by atoms with Gasteiger partial charge < -0.3 is 4.42 Å². The lowest BCUT2D eigenvalue weighted by Gasteiger charge is -2.17. The summed E-state index contributed by atoms with van der Waals surface area (Å²) in [6, 6.07) is 8.39. The van der Waals surface area contributed by atoms with Crippen molar-refractivity contribution in [3.8, 4) is 0 Å². The molecule has 2 nitrogen and oxygen atoms in total.